The van der Waals surface area contributed by atoms with Gasteiger partial charge < -0.3 is 19.1 Å². The maximum Gasteiger partial charge on any atom is 0.130 e. The molecule has 0 amide bonds. The van der Waals surface area contributed by atoms with E-state index in [-0.39, 0.29) is 0 Å². The number of benzene rings is 2. The normalized spacial score (nSPS) is 14.8. The van der Waals surface area contributed by atoms with Gasteiger partial charge in [0, 0.05) is 62.1 Å². The van der Waals surface area contributed by atoms with Gasteiger partial charge in [-0.3, -0.25) is 9.88 Å². The highest BCUT2D eigenvalue weighted by Crippen LogP contribution is 2.35. The van der Waals surface area contributed by atoms with Gasteiger partial charge in [-0.25, -0.2) is 0 Å². The molecule has 0 aliphatic carbocycles. The molecule has 1 aliphatic rings. The molecular weight excluding hydrogens is 366 g/mol. The Bertz CT molecular complexity index is 959. The molecule has 6 heteroatoms. The zero-order valence-corrected chi connectivity index (χ0v) is 17.2. The number of hydrogen-bond donors (Lipinski definition) is 0. The van der Waals surface area contributed by atoms with E-state index in [0.29, 0.717) is 0 Å². The third-order valence-corrected chi connectivity index (χ3v) is 5.52. The van der Waals surface area contributed by atoms with Gasteiger partial charge in [0.2, 0.25) is 0 Å². The van der Waals surface area contributed by atoms with Crippen LogP contribution in [-0.2, 0) is 6.54 Å². The van der Waals surface area contributed by atoms with E-state index < -0.39 is 0 Å². The fraction of sp³-hybridized carbons (Fsp3) is 0.348. The molecule has 152 valence electrons. The van der Waals surface area contributed by atoms with E-state index in [2.05, 4.69) is 39.0 Å². The SMILES string of the molecule is COc1cc(OC)c(CN2CCN(c3ccc4ncccc4c3)CC2)c(OC)c1. The summed E-state index contributed by atoms with van der Waals surface area (Å²) in [7, 11) is 5.02. The molecule has 0 saturated carbocycles. The van der Waals surface area contributed by atoms with Crippen LogP contribution in [-0.4, -0.2) is 57.4 Å². The minimum Gasteiger partial charge on any atom is -0.496 e. The molecule has 0 bridgehead atoms. The lowest BCUT2D eigenvalue weighted by atomic mass is 10.1. The summed E-state index contributed by atoms with van der Waals surface area (Å²) < 4.78 is 16.6. The number of ether oxygens (including phenoxy) is 3. The maximum atomic E-state index is 5.60. The summed E-state index contributed by atoms with van der Waals surface area (Å²) in [6.07, 6.45) is 1.84. The van der Waals surface area contributed by atoms with Gasteiger partial charge in [0.25, 0.3) is 0 Å². The molecule has 1 saturated heterocycles. The van der Waals surface area contributed by atoms with Crippen molar-refractivity contribution in [2.24, 2.45) is 0 Å². The Kier molecular flexibility index (Phi) is 5.71. The summed E-state index contributed by atoms with van der Waals surface area (Å²) in [5, 5.41) is 1.18. The van der Waals surface area contributed by atoms with Gasteiger partial charge in [0.1, 0.15) is 17.2 Å². The number of nitrogens with zero attached hydrogens (tertiary/aromatic N) is 3. The molecule has 29 heavy (non-hydrogen) atoms. The van der Waals surface area contributed by atoms with E-state index in [0.717, 1.165) is 61.1 Å². The molecule has 2 heterocycles. The first-order chi connectivity index (χ1) is 14.2. The Morgan fingerprint density at radius 2 is 1.59 bits per heavy atom. The summed E-state index contributed by atoms with van der Waals surface area (Å²) >= 11 is 0. The summed E-state index contributed by atoms with van der Waals surface area (Å²) in [4.78, 5) is 9.28. The van der Waals surface area contributed by atoms with Gasteiger partial charge in [-0.15, -0.1) is 0 Å². The zero-order valence-electron chi connectivity index (χ0n) is 17.2. The fourth-order valence-electron chi connectivity index (χ4n) is 3.88. The second-order valence-electron chi connectivity index (χ2n) is 7.15. The second-order valence-corrected chi connectivity index (χ2v) is 7.15. The molecule has 4 rings (SSSR count). The van der Waals surface area contributed by atoms with Crippen LogP contribution in [0.1, 0.15) is 5.56 Å². The number of anilines is 1. The highest BCUT2D eigenvalue weighted by molar-refractivity contribution is 5.82. The summed E-state index contributed by atoms with van der Waals surface area (Å²) in [5.41, 5.74) is 3.35. The van der Waals surface area contributed by atoms with Gasteiger partial charge in [-0.1, -0.05) is 6.07 Å². The third kappa shape index (κ3) is 4.07. The van der Waals surface area contributed by atoms with Crippen molar-refractivity contribution in [1.29, 1.82) is 0 Å². The average molecular weight is 393 g/mol. The van der Waals surface area contributed by atoms with Crippen LogP contribution in [0.15, 0.2) is 48.7 Å². The quantitative estimate of drug-likeness (QED) is 0.638. The van der Waals surface area contributed by atoms with Crippen molar-refractivity contribution in [3.05, 3.63) is 54.2 Å². The molecule has 0 unspecified atom stereocenters. The lowest BCUT2D eigenvalue weighted by Crippen LogP contribution is -2.46. The largest absolute Gasteiger partial charge is 0.496 e. The number of fused-ring (bicyclic) bond motifs is 1. The molecule has 1 aromatic heterocycles. The molecular formula is C23H27N3O3. The zero-order chi connectivity index (χ0) is 20.2. The lowest BCUT2D eigenvalue weighted by Gasteiger charge is -2.36. The first-order valence-corrected chi connectivity index (χ1v) is 9.83. The van der Waals surface area contributed by atoms with Crippen LogP contribution in [0, 0.1) is 0 Å². The molecule has 3 aromatic rings. The highest BCUT2D eigenvalue weighted by atomic mass is 16.5. The maximum absolute atomic E-state index is 5.60. The van der Waals surface area contributed by atoms with Crippen molar-refractivity contribution in [1.82, 2.24) is 9.88 Å². The highest BCUT2D eigenvalue weighted by Gasteiger charge is 2.21. The van der Waals surface area contributed by atoms with Crippen LogP contribution in [0.25, 0.3) is 10.9 Å². The van der Waals surface area contributed by atoms with E-state index in [4.69, 9.17) is 14.2 Å². The second kappa shape index (κ2) is 8.57. The summed E-state index contributed by atoms with van der Waals surface area (Å²) in [5.74, 6) is 2.33. The molecule has 0 radical (unpaired) electrons. The predicted octanol–water partition coefficient (Wildman–Crippen LogP) is 3.58. The fourth-order valence-corrected chi connectivity index (χ4v) is 3.88. The first kappa shape index (κ1) is 19.3. The Labute approximate surface area is 171 Å². The van der Waals surface area contributed by atoms with Gasteiger partial charge in [0.05, 0.1) is 32.4 Å². The predicted molar refractivity (Wildman–Crippen MR) is 115 cm³/mol. The number of rotatable bonds is 6. The van der Waals surface area contributed by atoms with Gasteiger partial charge in [0.15, 0.2) is 0 Å². The van der Waals surface area contributed by atoms with Crippen molar-refractivity contribution in [2.45, 2.75) is 6.54 Å². The van der Waals surface area contributed by atoms with E-state index in [1.807, 2.05) is 24.4 Å². The van der Waals surface area contributed by atoms with Crippen molar-refractivity contribution < 1.29 is 14.2 Å². The number of aromatic nitrogens is 1. The molecule has 0 N–H and O–H groups in total. The van der Waals surface area contributed by atoms with Crippen molar-refractivity contribution in [3.8, 4) is 17.2 Å². The standard InChI is InChI=1S/C23H27N3O3/c1-27-19-14-22(28-2)20(23(15-19)29-3)16-25-9-11-26(12-10-25)18-6-7-21-17(13-18)5-4-8-24-21/h4-8,13-15H,9-12,16H2,1-3H3. The average Bonchev–Trinajstić information content (AvgIpc) is 2.79. The summed E-state index contributed by atoms with van der Waals surface area (Å²) in [6.45, 7) is 4.69. The Morgan fingerprint density at radius 1 is 0.862 bits per heavy atom. The van der Waals surface area contributed by atoms with Gasteiger partial charge in [-0.05, 0) is 24.3 Å². The lowest BCUT2D eigenvalue weighted by molar-refractivity contribution is 0.241. The van der Waals surface area contributed by atoms with Crippen LogP contribution in [0.3, 0.4) is 0 Å². The van der Waals surface area contributed by atoms with E-state index in [1.54, 1.807) is 21.3 Å². The Balaban J connectivity index is 1.46. The monoisotopic (exact) mass is 393 g/mol. The smallest absolute Gasteiger partial charge is 0.130 e. The number of pyridine rings is 1. The van der Waals surface area contributed by atoms with Crippen molar-refractivity contribution in [2.75, 3.05) is 52.4 Å². The van der Waals surface area contributed by atoms with Gasteiger partial charge in [-0.2, -0.15) is 0 Å². The molecule has 2 aromatic carbocycles. The van der Waals surface area contributed by atoms with Crippen LogP contribution >= 0.6 is 0 Å². The van der Waals surface area contributed by atoms with E-state index in [9.17, 15) is 0 Å². The molecule has 1 aliphatic heterocycles. The van der Waals surface area contributed by atoms with E-state index >= 15 is 0 Å². The van der Waals surface area contributed by atoms with Crippen molar-refractivity contribution in [3.63, 3.8) is 0 Å². The van der Waals surface area contributed by atoms with Crippen LogP contribution in [0.4, 0.5) is 5.69 Å². The van der Waals surface area contributed by atoms with Gasteiger partial charge >= 0.3 is 0 Å². The van der Waals surface area contributed by atoms with Crippen LogP contribution in [0.2, 0.25) is 0 Å². The molecule has 1 fully saturated rings. The molecule has 0 atom stereocenters. The number of methoxy groups -OCH3 is 3. The Morgan fingerprint density at radius 3 is 2.24 bits per heavy atom. The molecule has 0 spiro atoms. The minimum absolute atomic E-state index is 0.734. The third-order valence-electron chi connectivity index (χ3n) is 5.52. The van der Waals surface area contributed by atoms with E-state index in [1.165, 1.54) is 11.1 Å². The minimum atomic E-state index is 0.734. The topological polar surface area (TPSA) is 47.1 Å². The van der Waals surface area contributed by atoms with Crippen LogP contribution < -0.4 is 19.1 Å². The number of hydrogen-bond acceptors (Lipinski definition) is 6. The molecule has 6 nitrogen and oxygen atoms in total. The van der Waals surface area contributed by atoms with Crippen LogP contribution in [0.5, 0.6) is 17.2 Å². The first-order valence-electron chi connectivity index (χ1n) is 9.83. The summed E-state index contributed by atoms with van der Waals surface area (Å²) in [6, 6.07) is 14.4. The van der Waals surface area contributed by atoms with Crippen molar-refractivity contribution >= 4 is 16.6 Å². The number of piperazine rings is 1. The Hall–Kier alpha value is -2.99.